The summed E-state index contributed by atoms with van der Waals surface area (Å²) in [5.41, 5.74) is 1.92. The van der Waals surface area contributed by atoms with E-state index in [-0.39, 0.29) is 12.5 Å². The Morgan fingerprint density at radius 3 is 2.85 bits per heavy atom. The number of carbonyl (C=O) groups is 1. The molecule has 1 aromatic heterocycles. The van der Waals surface area contributed by atoms with Gasteiger partial charge in [0.25, 0.3) is 0 Å². The summed E-state index contributed by atoms with van der Waals surface area (Å²) in [6, 6.07) is 9.82. The van der Waals surface area contributed by atoms with Gasteiger partial charge in [-0.2, -0.15) is 0 Å². The first-order valence-electron chi connectivity index (χ1n) is 6.31. The fourth-order valence-electron chi connectivity index (χ4n) is 1.89. The molecule has 5 nitrogen and oxygen atoms in total. The molecule has 0 saturated carbocycles. The van der Waals surface area contributed by atoms with Gasteiger partial charge in [-0.25, -0.2) is 0 Å². The zero-order valence-electron chi connectivity index (χ0n) is 11.3. The number of ether oxygens (including phenoxy) is 1. The molecule has 0 aliphatic rings. The van der Waals surface area contributed by atoms with E-state index in [4.69, 9.17) is 17.0 Å². The van der Waals surface area contributed by atoms with Gasteiger partial charge in [0.1, 0.15) is 6.54 Å². The molecule has 106 valence electrons. The van der Waals surface area contributed by atoms with E-state index in [1.165, 1.54) is 0 Å². The molecule has 0 unspecified atom stereocenters. The van der Waals surface area contributed by atoms with Crippen LogP contribution in [0.4, 0.5) is 0 Å². The summed E-state index contributed by atoms with van der Waals surface area (Å²) >= 11 is 5.23. The van der Waals surface area contributed by atoms with Crippen molar-refractivity contribution in [1.82, 2.24) is 14.9 Å². The number of rotatable bonds is 6. The molecule has 1 amide bonds. The molecular weight excluding hydrogens is 274 g/mol. The number of imidazole rings is 1. The van der Waals surface area contributed by atoms with Gasteiger partial charge in [-0.3, -0.25) is 4.79 Å². The molecule has 1 aromatic carbocycles. The number of hydrogen-bond donors (Lipinski definition) is 2. The molecule has 0 saturated heterocycles. The highest BCUT2D eigenvalue weighted by molar-refractivity contribution is 7.71. The highest BCUT2D eigenvalue weighted by Crippen LogP contribution is 2.18. The Labute approximate surface area is 122 Å². The highest BCUT2D eigenvalue weighted by atomic mass is 32.1. The number of aromatic amines is 1. The maximum atomic E-state index is 11.9. The van der Waals surface area contributed by atoms with Crippen LogP contribution in [0.25, 0.3) is 11.3 Å². The van der Waals surface area contributed by atoms with Gasteiger partial charge in [0.2, 0.25) is 5.91 Å². The second-order valence-electron chi connectivity index (χ2n) is 4.27. The van der Waals surface area contributed by atoms with Crippen LogP contribution < -0.4 is 5.32 Å². The lowest BCUT2D eigenvalue weighted by Gasteiger charge is -2.09. The summed E-state index contributed by atoms with van der Waals surface area (Å²) in [5.74, 6) is -0.0880. The van der Waals surface area contributed by atoms with E-state index in [2.05, 4.69) is 10.3 Å². The summed E-state index contributed by atoms with van der Waals surface area (Å²) in [6.07, 6.45) is 1.82. The van der Waals surface area contributed by atoms with E-state index in [1.807, 2.05) is 36.5 Å². The Morgan fingerprint density at radius 1 is 1.40 bits per heavy atom. The first-order chi connectivity index (χ1) is 9.72. The third-order valence-corrected chi connectivity index (χ3v) is 3.21. The lowest BCUT2D eigenvalue weighted by atomic mass is 10.2. The van der Waals surface area contributed by atoms with Crippen molar-refractivity contribution in [1.29, 1.82) is 0 Å². The molecule has 0 aliphatic carbocycles. The van der Waals surface area contributed by atoms with Crippen LogP contribution in [0.15, 0.2) is 36.5 Å². The summed E-state index contributed by atoms with van der Waals surface area (Å²) in [7, 11) is 1.60. The quantitative estimate of drug-likeness (QED) is 0.632. The first kappa shape index (κ1) is 14.5. The largest absolute Gasteiger partial charge is 0.383 e. The monoisotopic (exact) mass is 291 g/mol. The molecular formula is C14H17N3O2S. The number of carbonyl (C=O) groups excluding carboxylic acids is 1. The van der Waals surface area contributed by atoms with E-state index < -0.39 is 0 Å². The van der Waals surface area contributed by atoms with E-state index in [0.29, 0.717) is 17.9 Å². The van der Waals surface area contributed by atoms with Gasteiger partial charge in [0.05, 0.1) is 12.3 Å². The second-order valence-corrected chi connectivity index (χ2v) is 4.66. The number of aromatic nitrogens is 2. The van der Waals surface area contributed by atoms with Crippen molar-refractivity contribution in [3.8, 4) is 11.3 Å². The van der Waals surface area contributed by atoms with Gasteiger partial charge in [-0.1, -0.05) is 30.3 Å². The summed E-state index contributed by atoms with van der Waals surface area (Å²) in [4.78, 5) is 14.9. The first-order valence-corrected chi connectivity index (χ1v) is 6.72. The van der Waals surface area contributed by atoms with Gasteiger partial charge >= 0.3 is 0 Å². The number of benzene rings is 1. The molecule has 2 rings (SSSR count). The number of nitrogens with one attached hydrogen (secondary N) is 2. The molecule has 2 aromatic rings. The molecule has 0 fully saturated rings. The van der Waals surface area contributed by atoms with E-state index in [9.17, 15) is 4.79 Å². The molecule has 0 aliphatic heterocycles. The SMILES string of the molecule is COCCNC(=O)Cn1c(-c2ccccc2)c[nH]c1=S. The van der Waals surface area contributed by atoms with E-state index in [1.54, 1.807) is 11.7 Å². The molecule has 0 radical (unpaired) electrons. The number of hydrogen-bond acceptors (Lipinski definition) is 3. The van der Waals surface area contributed by atoms with Crippen molar-refractivity contribution in [2.45, 2.75) is 6.54 Å². The Bertz CT molecular complexity index is 619. The Morgan fingerprint density at radius 2 is 2.15 bits per heavy atom. The van der Waals surface area contributed by atoms with Crippen molar-refractivity contribution in [3.63, 3.8) is 0 Å². The molecule has 1 heterocycles. The van der Waals surface area contributed by atoms with Crippen molar-refractivity contribution >= 4 is 18.1 Å². The molecule has 0 bridgehead atoms. The molecule has 0 atom stereocenters. The van der Waals surface area contributed by atoms with Crippen LogP contribution >= 0.6 is 12.2 Å². The van der Waals surface area contributed by atoms with Crippen LogP contribution in [-0.4, -0.2) is 35.7 Å². The van der Waals surface area contributed by atoms with Gasteiger partial charge in [-0.15, -0.1) is 0 Å². The zero-order valence-corrected chi connectivity index (χ0v) is 12.1. The minimum absolute atomic E-state index is 0.0880. The van der Waals surface area contributed by atoms with E-state index >= 15 is 0 Å². The maximum absolute atomic E-state index is 11.9. The lowest BCUT2D eigenvalue weighted by Crippen LogP contribution is -2.30. The topological polar surface area (TPSA) is 59.0 Å². The molecule has 20 heavy (non-hydrogen) atoms. The highest BCUT2D eigenvalue weighted by Gasteiger charge is 2.10. The van der Waals surface area contributed by atoms with Crippen molar-refractivity contribution in [3.05, 3.63) is 41.3 Å². The molecule has 0 spiro atoms. The van der Waals surface area contributed by atoms with Crippen molar-refractivity contribution < 1.29 is 9.53 Å². The predicted molar refractivity (Wildman–Crippen MR) is 79.9 cm³/mol. The lowest BCUT2D eigenvalue weighted by molar-refractivity contribution is -0.121. The fraction of sp³-hybridized carbons (Fsp3) is 0.286. The van der Waals surface area contributed by atoms with Gasteiger partial charge in [0, 0.05) is 19.9 Å². The average Bonchev–Trinajstić information content (AvgIpc) is 2.82. The van der Waals surface area contributed by atoms with Crippen LogP contribution in [-0.2, 0) is 16.1 Å². The van der Waals surface area contributed by atoms with Gasteiger partial charge in [0.15, 0.2) is 4.77 Å². The summed E-state index contributed by atoms with van der Waals surface area (Å²) in [6.45, 7) is 1.18. The normalized spacial score (nSPS) is 10.4. The van der Waals surface area contributed by atoms with Crippen LogP contribution in [0.1, 0.15) is 0 Å². The molecule has 2 N–H and O–H groups in total. The third kappa shape index (κ3) is 3.55. The summed E-state index contributed by atoms with van der Waals surface area (Å²) < 4.78 is 7.21. The second kappa shape index (κ2) is 7.02. The van der Waals surface area contributed by atoms with Crippen molar-refractivity contribution in [2.75, 3.05) is 20.3 Å². The Hall–Kier alpha value is -1.92. The number of methoxy groups -OCH3 is 1. The van der Waals surface area contributed by atoms with Gasteiger partial charge < -0.3 is 19.6 Å². The van der Waals surface area contributed by atoms with Crippen molar-refractivity contribution in [2.24, 2.45) is 0 Å². The number of amides is 1. The maximum Gasteiger partial charge on any atom is 0.240 e. The van der Waals surface area contributed by atoms with Crippen LogP contribution in [0, 0.1) is 4.77 Å². The number of nitrogens with zero attached hydrogens (tertiary/aromatic N) is 1. The predicted octanol–water partition coefficient (Wildman–Crippen LogP) is 1.98. The zero-order chi connectivity index (χ0) is 14.4. The van der Waals surface area contributed by atoms with E-state index in [0.717, 1.165) is 11.3 Å². The Balaban J connectivity index is 2.14. The standard InChI is InChI=1S/C14H17N3O2S/c1-19-8-7-15-13(18)10-17-12(9-16-14(17)20)11-5-3-2-4-6-11/h2-6,9H,7-8,10H2,1H3,(H,15,18)(H,16,20). The Kier molecular flexibility index (Phi) is 5.09. The fourth-order valence-corrected chi connectivity index (χ4v) is 2.11. The minimum Gasteiger partial charge on any atom is -0.383 e. The minimum atomic E-state index is -0.0880. The van der Waals surface area contributed by atoms with Crippen LogP contribution in [0.5, 0.6) is 0 Å². The number of H-pyrrole nitrogens is 1. The average molecular weight is 291 g/mol. The molecule has 6 heteroatoms. The van der Waals surface area contributed by atoms with Crippen LogP contribution in [0.2, 0.25) is 0 Å². The third-order valence-electron chi connectivity index (χ3n) is 2.87. The van der Waals surface area contributed by atoms with Gasteiger partial charge in [-0.05, 0) is 17.8 Å². The summed E-state index contributed by atoms with van der Waals surface area (Å²) in [5, 5.41) is 2.78. The smallest absolute Gasteiger partial charge is 0.240 e. The van der Waals surface area contributed by atoms with Crippen LogP contribution in [0.3, 0.4) is 0 Å².